The van der Waals surface area contributed by atoms with Gasteiger partial charge in [0.2, 0.25) is 0 Å². The molecule has 2 rings (SSSR count). The summed E-state index contributed by atoms with van der Waals surface area (Å²) in [6.07, 6.45) is 0. The van der Waals surface area contributed by atoms with Crippen molar-refractivity contribution in [3.05, 3.63) is 51.2 Å². The lowest BCUT2D eigenvalue weighted by Gasteiger charge is -2.04. The summed E-state index contributed by atoms with van der Waals surface area (Å²) >= 11 is 7.29. The van der Waals surface area contributed by atoms with Gasteiger partial charge in [0.15, 0.2) is 0 Å². The highest BCUT2D eigenvalue weighted by atomic mass is 35.5. The quantitative estimate of drug-likeness (QED) is 0.669. The molecule has 0 saturated heterocycles. The summed E-state index contributed by atoms with van der Waals surface area (Å²) in [5, 5.41) is 4.08. The number of rotatable bonds is 5. The second-order valence-corrected chi connectivity index (χ2v) is 5.91. The van der Waals surface area contributed by atoms with Crippen LogP contribution in [0.1, 0.15) is 29.1 Å². The SMILES string of the molecule is CCOc1ccc(C(=O)N/N=C(/C)c2ccc(Cl)s2)cc1. The number of halogens is 1. The fourth-order valence-electron chi connectivity index (χ4n) is 1.63. The molecule has 2 aromatic rings. The first-order valence-corrected chi connectivity index (χ1v) is 7.62. The normalized spacial score (nSPS) is 11.3. The summed E-state index contributed by atoms with van der Waals surface area (Å²) in [4.78, 5) is 12.9. The zero-order valence-corrected chi connectivity index (χ0v) is 13.3. The van der Waals surface area contributed by atoms with Gasteiger partial charge in [-0.1, -0.05) is 11.6 Å². The van der Waals surface area contributed by atoms with Crippen LogP contribution >= 0.6 is 22.9 Å². The third-order valence-corrected chi connectivity index (χ3v) is 4.02. The maximum Gasteiger partial charge on any atom is 0.271 e. The minimum Gasteiger partial charge on any atom is -0.494 e. The summed E-state index contributed by atoms with van der Waals surface area (Å²) in [7, 11) is 0. The first-order valence-electron chi connectivity index (χ1n) is 6.43. The average molecular weight is 323 g/mol. The molecule has 0 fully saturated rings. The Labute approximate surface area is 132 Å². The molecule has 1 aromatic carbocycles. The Hall–Kier alpha value is -1.85. The zero-order chi connectivity index (χ0) is 15.2. The van der Waals surface area contributed by atoms with Gasteiger partial charge in [-0.05, 0) is 50.2 Å². The van der Waals surface area contributed by atoms with Crippen molar-refractivity contribution >= 4 is 34.6 Å². The number of hydrazone groups is 1. The first kappa shape index (κ1) is 15.5. The molecule has 6 heteroatoms. The lowest BCUT2D eigenvalue weighted by molar-refractivity contribution is 0.0955. The monoisotopic (exact) mass is 322 g/mol. The van der Waals surface area contributed by atoms with Gasteiger partial charge in [-0.3, -0.25) is 4.79 Å². The highest BCUT2D eigenvalue weighted by Crippen LogP contribution is 2.21. The highest BCUT2D eigenvalue weighted by molar-refractivity contribution is 7.18. The molecule has 0 bridgehead atoms. The number of carbonyl (C=O) groups is 1. The predicted molar refractivity (Wildman–Crippen MR) is 86.6 cm³/mol. The second kappa shape index (κ2) is 7.24. The summed E-state index contributed by atoms with van der Waals surface area (Å²) in [5.41, 5.74) is 3.77. The summed E-state index contributed by atoms with van der Waals surface area (Å²) < 4.78 is 6.02. The molecule has 0 saturated carbocycles. The molecule has 4 nitrogen and oxygen atoms in total. The minimum atomic E-state index is -0.264. The lowest BCUT2D eigenvalue weighted by Crippen LogP contribution is -2.19. The standard InChI is InChI=1S/C15H15ClN2O2S/c1-3-20-12-6-4-11(5-7-12)15(19)18-17-10(2)13-8-9-14(16)21-13/h4-9H,3H2,1-2H3,(H,18,19)/b17-10-. The topological polar surface area (TPSA) is 50.7 Å². The van der Waals surface area contributed by atoms with Crippen LogP contribution in [-0.2, 0) is 0 Å². The van der Waals surface area contributed by atoms with Crippen molar-refractivity contribution in [2.24, 2.45) is 5.10 Å². The number of nitrogens with one attached hydrogen (secondary N) is 1. The summed E-state index contributed by atoms with van der Waals surface area (Å²) in [6.45, 7) is 4.33. The molecule has 1 aromatic heterocycles. The number of hydrogen-bond acceptors (Lipinski definition) is 4. The number of nitrogens with zero attached hydrogens (tertiary/aromatic N) is 1. The predicted octanol–water partition coefficient (Wildman–Crippen LogP) is 3.95. The van der Waals surface area contributed by atoms with E-state index in [1.54, 1.807) is 30.3 Å². The summed E-state index contributed by atoms with van der Waals surface area (Å²) in [5.74, 6) is 0.474. The van der Waals surface area contributed by atoms with E-state index in [4.69, 9.17) is 16.3 Å². The number of thiophene rings is 1. The molecule has 0 radical (unpaired) electrons. The average Bonchev–Trinajstić information content (AvgIpc) is 2.92. The third kappa shape index (κ3) is 4.31. The molecule has 0 aliphatic rings. The Morgan fingerprint density at radius 3 is 2.57 bits per heavy atom. The fourth-order valence-corrected chi connectivity index (χ4v) is 2.62. The van der Waals surface area contributed by atoms with E-state index in [1.165, 1.54) is 11.3 Å². The van der Waals surface area contributed by atoms with Crippen LogP contribution in [0.4, 0.5) is 0 Å². The molecule has 0 spiro atoms. The van der Waals surface area contributed by atoms with Crippen molar-refractivity contribution in [3.8, 4) is 5.75 Å². The minimum absolute atomic E-state index is 0.264. The van der Waals surface area contributed by atoms with E-state index < -0.39 is 0 Å². The third-order valence-electron chi connectivity index (χ3n) is 2.68. The van der Waals surface area contributed by atoms with Crippen molar-refractivity contribution in [3.63, 3.8) is 0 Å². The molecule has 1 heterocycles. The van der Waals surface area contributed by atoms with E-state index >= 15 is 0 Å². The van der Waals surface area contributed by atoms with Gasteiger partial charge in [0, 0.05) is 5.56 Å². The highest BCUT2D eigenvalue weighted by Gasteiger charge is 2.06. The van der Waals surface area contributed by atoms with Gasteiger partial charge in [0.25, 0.3) is 5.91 Å². The van der Waals surface area contributed by atoms with Crippen LogP contribution in [0.15, 0.2) is 41.5 Å². The van der Waals surface area contributed by atoms with Crippen molar-refractivity contribution in [2.75, 3.05) is 6.61 Å². The van der Waals surface area contributed by atoms with E-state index in [0.29, 0.717) is 22.2 Å². The van der Waals surface area contributed by atoms with Crippen molar-refractivity contribution in [1.29, 1.82) is 0 Å². The Kier molecular flexibility index (Phi) is 5.36. The largest absolute Gasteiger partial charge is 0.494 e. The van der Waals surface area contributed by atoms with Crippen LogP contribution in [0.5, 0.6) is 5.75 Å². The van der Waals surface area contributed by atoms with Gasteiger partial charge in [-0.15, -0.1) is 11.3 Å². The van der Waals surface area contributed by atoms with Gasteiger partial charge >= 0.3 is 0 Å². The molecule has 0 aliphatic heterocycles. The van der Waals surface area contributed by atoms with E-state index in [2.05, 4.69) is 10.5 Å². The Balaban J connectivity index is 2.00. The molecule has 0 unspecified atom stereocenters. The number of hydrogen-bond donors (Lipinski definition) is 1. The van der Waals surface area contributed by atoms with Gasteiger partial charge < -0.3 is 4.74 Å². The number of amides is 1. The number of benzene rings is 1. The van der Waals surface area contributed by atoms with E-state index in [-0.39, 0.29) is 5.91 Å². The van der Waals surface area contributed by atoms with Crippen LogP contribution in [0.3, 0.4) is 0 Å². The van der Waals surface area contributed by atoms with Gasteiger partial charge in [0.05, 0.1) is 21.5 Å². The second-order valence-electron chi connectivity index (χ2n) is 4.20. The van der Waals surface area contributed by atoms with E-state index in [0.717, 1.165) is 10.6 Å². The van der Waals surface area contributed by atoms with Crippen molar-refractivity contribution < 1.29 is 9.53 Å². The van der Waals surface area contributed by atoms with Gasteiger partial charge in [-0.25, -0.2) is 5.43 Å². The van der Waals surface area contributed by atoms with Crippen LogP contribution in [0, 0.1) is 0 Å². The lowest BCUT2D eigenvalue weighted by atomic mass is 10.2. The van der Waals surface area contributed by atoms with Crippen LogP contribution in [0.2, 0.25) is 4.34 Å². The van der Waals surface area contributed by atoms with Gasteiger partial charge in [-0.2, -0.15) is 5.10 Å². The van der Waals surface area contributed by atoms with Crippen molar-refractivity contribution in [2.45, 2.75) is 13.8 Å². The zero-order valence-electron chi connectivity index (χ0n) is 11.7. The molecular formula is C15H15ClN2O2S. The van der Waals surface area contributed by atoms with Crippen LogP contribution in [0.25, 0.3) is 0 Å². The molecule has 0 aliphatic carbocycles. The molecular weight excluding hydrogens is 308 g/mol. The molecule has 1 N–H and O–H groups in total. The Morgan fingerprint density at radius 1 is 1.29 bits per heavy atom. The van der Waals surface area contributed by atoms with E-state index in [9.17, 15) is 4.79 Å². The number of ether oxygens (including phenoxy) is 1. The Bertz CT molecular complexity index is 650. The van der Waals surface area contributed by atoms with Crippen LogP contribution < -0.4 is 10.2 Å². The molecule has 1 amide bonds. The maximum atomic E-state index is 12.0. The fraction of sp³-hybridized carbons (Fsp3) is 0.200. The molecule has 21 heavy (non-hydrogen) atoms. The Morgan fingerprint density at radius 2 is 2.00 bits per heavy atom. The molecule has 110 valence electrons. The molecule has 0 atom stereocenters. The van der Waals surface area contributed by atoms with E-state index in [1.807, 2.05) is 19.9 Å². The maximum absolute atomic E-state index is 12.0. The van der Waals surface area contributed by atoms with Crippen molar-refractivity contribution in [1.82, 2.24) is 5.43 Å². The smallest absolute Gasteiger partial charge is 0.271 e. The number of carbonyl (C=O) groups excluding carboxylic acids is 1. The van der Waals surface area contributed by atoms with Crippen LogP contribution in [-0.4, -0.2) is 18.2 Å². The summed E-state index contributed by atoms with van der Waals surface area (Å²) in [6, 6.07) is 10.6. The van der Waals surface area contributed by atoms with Gasteiger partial charge in [0.1, 0.15) is 5.75 Å². The first-order chi connectivity index (χ1) is 10.1.